The van der Waals surface area contributed by atoms with E-state index < -0.39 is 0 Å². The zero-order valence-corrected chi connectivity index (χ0v) is 8.71. The minimum absolute atomic E-state index is 0.846. The molecule has 0 radical (unpaired) electrons. The molecule has 1 aromatic heterocycles. The Bertz CT molecular complexity index is 442. The van der Waals surface area contributed by atoms with Crippen molar-refractivity contribution in [2.75, 3.05) is 7.11 Å². The Morgan fingerprint density at radius 1 is 1.31 bits per heavy atom. The van der Waals surface area contributed by atoms with Gasteiger partial charge < -0.3 is 4.74 Å². The molecule has 0 fully saturated rings. The van der Waals surface area contributed by atoms with Crippen molar-refractivity contribution in [1.82, 2.24) is 4.98 Å². The fraction of sp³-hybridized carbons (Fsp3) is 0.100. The Morgan fingerprint density at radius 3 is 2.92 bits per heavy atom. The van der Waals surface area contributed by atoms with Gasteiger partial charge in [0.2, 0.25) is 0 Å². The van der Waals surface area contributed by atoms with Gasteiger partial charge in [-0.3, -0.25) is 4.98 Å². The van der Waals surface area contributed by atoms with E-state index in [0.717, 1.165) is 21.0 Å². The summed E-state index contributed by atoms with van der Waals surface area (Å²) in [4.78, 5) is 4.05. The van der Waals surface area contributed by atoms with Crippen molar-refractivity contribution in [1.29, 1.82) is 0 Å². The number of hydrogen-bond acceptors (Lipinski definition) is 2. The van der Waals surface area contributed by atoms with Gasteiger partial charge in [0.1, 0.15) is 5.75 Å². The lowest BCUT2D eigenvalue weighted by molar-refractivity contribution is 0.413. The van der Waals surface area contributed by atoms with E-state index in [1.807, 2.05) is 24.4 Å². The van der Waals surface area contributed by atoms with Crippen LogP contribution in [0.25, 0.3) is 10.8 Å². The van der Waals surface area contributed by atoms with Crippen LogP contribution in [0.15, 0.2) is 35.1 Å². The first kappa shape index (κ1) is 8.51. The molecule has 3 heteroatoms. The van der Waals surface area contributed by atoms with Crippen LogP contribution in [0.5, 0.6) is 5.75 Å². The zero-order chi connectivity index (χ0) is 9.26. The SMILES string of the molecule is COc1ccc2cnccc2c1Br. The van der Waals surface area contributed by atoms with Crippen LogP contribution < -0.4 is 4.74 Å². The van der Waals surface area contributed by atoms with Crippen LogP contribution in [-0.4, -0.2) is 12.1 Å². The van der Waals surface area contributed by atoms with Crippen LogP contribution in [0.3, 0.4) is 0 Å². The van der Waals surface area contributed by atoms with Crippen molar-refractivity contribution in [3.05, 3.63) is 35.1 Å². The molecular weight excluding hydrogens is 230 g/mol. The number of nitrogens with zero attached hydrogens (tertiary/aromatic N) is 1. The van der Waals surface area contributed by atoms with Crippen LogP contribution in [0.2, 0.25) is 0 Å². The molecule has 0 N–H and O–H groups in total. The van der Waals surface area contributed by atoms with Gasteiger partial charge in [-0.05, 0) is 34.1 Å². The smallest absolute Gasteiger partial charge is 0.133 e. The Balaban J connectivity index is 2.79. The Kier molecular flexibility index (Phi) is 2.19. The van der Waals surface area contributed by atoms with Crippen molar-refractivity contribution in [3.63, 3.8) is 0 Å². The maximum atomic E-state index is 5.19. The highest BCUT2D eigenvalue weighted by Crippen LogP contribution is 2.32. The molecule has 0 bridgehead atoms. The molecule has 1 heterocycles. The van der Waals surface area contributed by atoms with Gasteiger partial charge in [-0.1, -0.05) is 0 Å². The summed E-state index contributed by atoms with van der Waals surface area (Å²) in [6.45, 7) is 0. The third-order valence-corrected chi connectivity index (χ3v) is 2.76. The molecule has 0 saturated carbocycles. The highest BCUT2D eigenvalue weighted by molar-refractivity contribution is 9.10. The average molecular weight is 238 g/mol. The Labute approximate surface area is 84.7 Å². The third kappa shape index (κ3) is 1.40. The van der Waals surface area contributed by atoms with E-state index in [0.29, 0.717) is 0 Å². The molecule has 13 heavy (non-hydrogen) atoms. The van der Waals surface area contributed by atoms with Crippen LogP contribution in [-0.2, 0) is 0 Å². The van der Waals surface area contributed by atoms with Gasteiger partial charge in [0.15, 0.2) is 0 Å². The lowest BCUT2D eigenvalue weighted by atomic mass is 10.2. The third-order valence-electron chi connectivity index (χ3n) is 1.94. The van der Waals surface area contributed by atoms with Crippen molar-refractivity contribution >= 4 is 26.7 Å². The first-order valence-electron chi connectivity index (χ1n) is 3.89. The molecule has 0 aliphatic rings. The monoisotopic (exact) mass is 237 g/mol. The number of aromatic nitrogens is 1. The second-order valence-corrected chi connectivity index (χ2v) is 3.47. The van der Waals surface area contributed by atoms with E-state index in [1.165, 1.54) is 0 Å². The van der Waals surface area contributed by atoms with Crippen molar-refractivity contribution in [3.8, 4) is 5.75 Å². The van der Waals surface area contributed by atoms with E-state index in [9.17, 15) is 0 Å². The molecule has 2 nitrogen and oxygen atoms in total. The molecule has 0 spiro atoms. The maximum Gasteiger partial charge on any atom is 0.133 e. The molecule has 0 amide bonds. The van der Waals surface area contributed by atoms with E-state index in [2.05, 4.69) is 20.9 Å². The minimum Gasteiger partial charge on any atom is -0.496 e. The molecule has 2 aromatic rings. The molecular formula is C10H8BrNO. The lowest BCUT2D eigenvalue weighted by Gasteiger charge is -2.05. The fourth-order valence-electron chi connectivity index (χ4n) is 1.27. The van der Waals surface area contributed by atoms with Gasteiger partial charge in [-0.2, -0.15) is 0 Å². The standard InChI is InChI=1S/C10H8BrNO/c1-13-9-3-2-7-6-12-5-4-8(7)10(9)11/h2-6H,1H3. The molecule has 2 rings (SSSR count). The largest absolute Gasteiger partial charge is 0.496 e. The van der Waals surface area contributed by atoms with Gasteiger partial charge in [0, 0.05) is 23.2 Å². The maximum absolute atomic E-state index is 5.19. The summed E-state index contributed by atoms with van der Waals surface area (Å²) >= 11 is 3.49. The predicted octanol–water partition coefficient (Wildman–Crippen LogP) is 3.01. The predicted molar refractivity (Wildman–Crippen MR) is 56.0 cm³/mol. The molecule has 1 aromatic carbocycles. The first-order chi connectivity index (χ1) is 6.33. The minimum atomic E-state index is 0.846. The summed E-state index contributed by atoms with van der Waals surface area (Å²) in [7, 11) is 1.66. The van der Waals surface area contributed by atoms with Crippen molar-refractivity contribution in [2.45, 2.75) is 0 Å². The summed E-state index contributed by atoms with van der Waals surface area (Å²) in [6, 6.07) is 5.88. The number of pyridine rings is 1. The van der Waals surface area contributed by atoms with E-state index in [4.69, 9.17) is 4.74 Å². The summed E-state index contributed by atoms with van der Waals surface area (Å²) in [5, 5.41) is 2.23. The van der Waals surface area contributed by atoms with Crippen LogP contribution in [0.1, 0.15) is 0 Å². The topological polar surface area (TPSA) is 22.1 Å². The molecule has 0 unspecified atom stereocenters. The lowest BCUT2D eigenvalue weighted by Crippen LogP contribution is -1.85. The molecule has 0 aliphatic carbocycles. The summed E-state index contributed by atoms with van der Waals surface area (Å²) in [5.74, 6) is 0.846. The van der Waals surface area contributed by atoms with Gasteiger partial charge in [0.25, 0.3) is 0 Å². The number of rotatable bonds is 1. The Hall–Kier alpha value is -1.09. The second-order valence-electron chi connectivity index (χ2n) is 2.68. The molecule has 0 atom stereocenters. The van der Waals surface area contributed by atoms with Crippen LogP contribution in [0.4, 0.5) is 0 Å². The van der Waals surface area contributed by atoms with Crippen LogP contribution in [0, 0.1) is 0 Å². The van der Waals surface area contributed by atoms with E-state index >= 15 is 0 Å². The molecule has 0 saturated heterocycles. The first-order valence-corrected chi connectivity index (χ1v) is 4.68. The van der Waals surface area contributed by atoms with Crippen LogP contribution >= 0.6 is 15.9 Å². The normalized spacial score (nSPS) is 10.3. The van der Waals surface area contributed by atoms with Gasteiger partial charge >= 0.3 is 0 Å². The number of hydrogen-bond donors (Lipinski definition) is 0. The second kappa shape index (κ2) is 3.34. The highest BCUT2D eigenvalue weighted by Gasteiger charge is 2.03. The number of ether oxygens (including phenoxy) is 1. The number of halogens is 1. The van der Waals surface area contributed by atoms with Gasteiger partial charge in [-0.15, -0.1) is 0 Å². The van der Waals surface area contributed by atoms with E-state index in [1.54, 1.807) is 13.3 Å². The Morgan fingerprint density at radius 2 is 2.15 bits per heavy atom. The summed E-state index contributed by atoms with van der Waals surface area (Å²) in [6.07, 6.45) is 3.60. The summed E-state index contributed by atoms with van der Waals surface area (Å²) in [5.41, 5.74) is 0. The molecule has 66 valence electrons. The van der Waals surface area contributed by atoms with E-state index in [-0.39, 0.29) is 0 Å². The zero-order valence-electron chi connectivity index (χ0n) is 7.12. The fourth-order valence-corrected chi connectivity index (χ4v) is 1.92. The van der Waals surface area contributed by atoms with Crippen molar-refractivity contribution < 1.29 is 4.74 Å². The summed E-state index contributed by atoms with van der Waals surface area (Å²) < 4.78 is 6.17. The number of fused-ring (bicyclic) bond motifs is 1. The van der Waals surface area contributed by atoms with Gasteiger partial charge in [-0.25, -0.2) is 0 Å². The van der Waals surface area contributed by atoms with Crippen molar-refractivity contribution in [2.24, 2.45) is 0 Å². The molecule has 0 aliphatic heterocycles. The quantitative estimate of drug-likeness (QED) is 0.761. The van der Waals surface area contributed by atoms with Gasteiger partial charge in [0.05, 0.1) is 11.6 Å². The average Bonchev–Trinajstić information content (AvgIpc) is 2.19. The number of benzene rings is 1. The number of methoxy groups -OCH3 is 1. The highest BCUT2D eigenvalue weighted by atomic mass is 79.9.